The topological polar surface area (TPSA) is 85.2 Å². The molecular formula is C22H22N6O2S. The molecule has 0 bridgehead atoms. The number of thioether (sulfide) groups is 1. The van der Waals surface area contributed by atoms with E-state index in [0.29, 0.717) is 10.7 Å². The van der Waals surface area contributed by atoms with Gasteiger partial charge in [-0.2, -0.15) is 5.10 Å². The Labute approximate surface area is 184 Å². The zero-order valence-electron chi connectivity index (χ0n) is 17.4. The summed E-state index contributed by atoms with van der Waals surface area (Å²) in [6, 6.07) is 15.3. The summed E-state index contributed by atoms with van der Waals surface area (Å²) in [6.45, 7) is 0. The fourth-order valence-electron chi connectivity index (χ4n) is 3.02. The van der Waals surface area contributed by atoms with Crippen molar-refractivity contribution in [2.45, 2.75) is 5.03 Å². The second kappa shape index (κ2) is 9.05. The first-order chi connectivity index (χ1) is 15.0. The highest BCUT2D eigenvalue weighted by Crippen LogP contribution is 2.26. The molecule has 158 valence electrons. The molecule has 0 aliphatic carbocycles. The van der Waals surface area contributed by atoms with E-state index in [4.69, 9.17) is 4.74 Å². The number of hydrogen-bond donors (Lipinski definition) is 1. The van der Waals surface area contributed by atoms with Crippen molar-refractivity contribution in [3.63, 3.8) is 0 Å². The molecule has 0 fully saturated rings. The van der Waals surface area contributed by atoms with E-state index in [1.54, 1.807) is 18.0 Å². The number of rotatable bonds is 7. The molecule has 0 aliphatic heterocycles. The van der Waals surface area contributed by atoms with Crippen LogP contribution < -0.4 is 15.0 Å². The quantitative estimate of drug-likeness (QED) is 0.351. The molecule has 1 N–H and O–H groups in total. The van der Waals surface area contributed by atoms with E-state index in [1.165, 1.54) is 18.1 Å². The average molecular weight is 435 g/mol. The van der Waals surface area contributed by atoms with Crippen molar-refractivity contribution in [2.75, 3.05) is 37.2 Å². The standard InChI is InChI=1S/C22H22N6O2S/c1-27(2)16-6-4-15(5-7-16)26-20(29)13-31-22-19-12-25-28(21(19)23-14-24-22)17-8-10-18(30-3)11-9-17/h4-12,14H,13H2,1-3H3,(H,26,29). The number of hydrogen-bond acceptors (Lipinski definition) is 7. The second-order valence-electron chi connectivity index (χ2n) is 6.95. The minimum absolute atomic E-state index is 0.100. The van der Waals surface area contributed by atoms with Gasteiger partial charge in [-0.05, 0) is 48.5 Å². The summed E-state index contributed by atoms with van der Waals surface area (Å²) in [6.07, 6.45) is 3.21. The van der Waals surface area contributed by atoms with Crippen LogP contribution in [0.2, 0.25) is 0 Å². The van der Waals surface area contributed by atoms with Crippen LogP contribution in [0.5, 0.6) is 5.75 Å². The van der Waals surface area contributed by atoms with Gasteiger partial charge in [0.05, 0.1) is 30.1 Å². The van der Waals surface area contributed by atoms with E-state index in [1.807, 2.05) is 67.5 Å². The summed E-state index contributed by atoms with van der Waals surface area (Å²) >= 11 is 1.36. The number of carbonyl (C=O) groups excluding carboxylic acids is 1. The summed E-state index contributed by atoms with van der Waals surface area (Å²) < 4.78 is 6.95. The third-order valence-corrected chi connectivity index (χ3v) is 5.66. The first-order valence-corrected chi connectivity index (χ1v) is 10.6. The maximum atomic E-state index is 12.4. The van der Waals surface area contributed by atoms with Gasteiger partial charge in [-0.25, -0.2) is 14.6 Å². The minimum atomic E-state index is -0.100. The molecule has 0 spiro atoms. The highest BCUT2D eigenvalue weighted by atomic mass is 32.2. The van der Waals surface area contributed by atoms with E-state index in [2.05, 4.69) is 20.4 Å². The number of nitrogens with zero attached hydrogens (tertiary/aromatic N) is 5. The molecule has 2 heterocycles. The van der Waals surface area contributed by atoms with Crippen LogP contribution in [-0.4, -0.2) is 52.6 Å². The van der Waals surface area contributed by atoms with Gasteiger partial charge in [-0.1, -0.05) is 11.8 Å². The Balaban J connectivity index is 1.46. The lowest BCUT2D eigenvalue weighted by atomic mass is 10.2. The molecule has 4 rings (SSSR count). The molecule has 4 aromatic rings. The van der Waals surface area contributed by atoms with Crippen LogP contribution in [0.3, 0.4) is 0 Å². The van der Waals surface area contributed by atoms with Gasteiger partial charge in [-0.3, -0.25) is 4.79 Å². The molecule has 9 heteroatoms. The van der Waals surface area contributed by atoms with Gasteiger partial charge in [0.2, 0.25) is 5.91 Å². The molecule has 2 aromatic carbocycles. The molecule has 1 amide bonds. The highest BCUT2D eigenvalue weighted by Gasteiger charge is 2.13. The summed E-state index contributed by atoms with van der Waals surface area (Å²) in [4.78, 5) is 23.1. The second-order valence-corrected chi connectivity index (χ2v) is 7.91. The van der Waals surface area contributed by atoms with Gasteiger partial charge < -0.3 is 15.0 Å². The maximum absolute atomic E-state index is 12.4. The zero-order valence-corrected chi connectivity index (χ0v) is 18.3. The van der Waals surface area contributed by atoms with Crippen LogP contribution in [0.4, 0.5) is 11.4 Å². The van der Waals surface area contributed by atoms with Gasteiger partial charge >= 0.3 is 0 Å². The Morgan fingerprint density at radius 2 is 1.84 bits per heavy atom. The van der Waals surface area contributed by atoms with Gasteiger partial charge in [0.25, 0.3) is 0 Å². The monoisotopic (exact) mass is 434 g/mol. The number of aromatic nitrogens is 4. The molecule has 0 aliphatic rings. The van der Waals surface area contributed by atoms with Crippen LogP contribution in [0, 0.1) is 0 Å². The third-order valence-electron chi connectivity index (χ3n) is 4.65. The fraction of sp³-hybridized carbons (Fsp3) is 0.182. The Hall–Kier alpha value is -3.59. The van der Waals surface area contributed by atoms with E-state index < -0.39 is 0 Å². The largest absolute Gasteiger partial charge is 0.497 e. The van der Waals surface area contributed by atoms with Crippen molar-refractivity contribution >= 4 is 40.1 Å². The van der Waals surface area contributed by atoms with Crippen LogP contribution in [0.1, 0.15) is 0 Å². The van der Waals surface area contributed by atoms with Gasteiger partial charge in [-0.15, -0.1) is 0 Å². The fourth-order valence-corrected chi connectivity index (χ4v) is 3.79. The number of fused-ring (bicyclic) bond motifs is 1. The van der Waals surface area contributed by atoms with Crippen molar-refractivity contribution < 1.29 is 9.53 Å². The molecule has 0 unspecified atom stereocenters. The Bertz CT molecular complexity index is 1190. The van der Waals surface area contributed by atoms with Crippen LogP contribution in [-0.2, 0) is 4.79 Å². The van der Waals surface area contributed by atoms with Crippen LogP contribution in [0.15, 0.2) is 66.1 Å². The summed E-state index contributed by atoms with van der Waals surface area (Å²) in [5, 5.41) is 8.88. The SMILES string of the molecule is COc1ccc(-n2ncc3c(SCC(=O)Nc4ccc(N(C)C)cc4)ncnc32)cc1. The molecule has 0 saturated carbocycles. The molecule has 2 aromatic heterocycles. The van der Waals surface area contributed by atoms with Crippen molar-refractivity contribution in [3.8, 4) is 11.4 Å². The van der Waals surface area contributed by atoms with E-state index in [0.717, 1.165) is 28.2 Å². The summed E-state index contributed by atoms with van der Waals surface area (Å²) in [5.74, 6) is 0.903. The van der Waals surface area contributed by atoms with Gasteiger partial charge in [0.1, 0.15) is 17.1 Å². The predicted octanol–water partition coefficient (Wildman–Crippen LogP) is 3.62. The van der Waals surface area contributed by atoms with Gasteiger partial charge in [0.15, 0.2) is 5.65 Å². The molecule has 0 radical (unpaired) electrons. The Morgan fingerprint density at radius 1 is 1.10 bits per heavy atom. The number of amides is 1. The minimum Gasteiger partial charge on any atom is -0.497 e. The molecule has 8 nitrogen and oxygen atoms in total. The normalized spacial score (nSPS) is 10.8. The first-order valence-electron chi connectivity index (χ1n) is 9.58. The number of ether oxygens (including phenoxy) is 1. The van der Waals surface area contributed by atoms with Crippen LogP contribution in [0.25, 0.3) is 16.7 Å². The number of nitrogens with one attached hydrogen (secondary N) is 1. The molecule has 31 heavy (non-hydrogen) atoms. The van der Waals surface area contributed by atoms with Crippen LogP contribution >= 0.6 is 11.8 Å². The third kappa shape index (κ3) is 4.61. The Kier molecular flexibility index (Phi) is 6.03. The smallest absolute Gasteiger partial charge is 0.234 e. The van der Waals surface area contributed by atoms with E-state index in [9.17, 15) is 4.79 Å². The summed E-state index contributed by atoms with van der Waals surface area (Å²) in [7, 11) is 5.58. The molecule has 0 saturated heterocycles. The number of carbonyl (C=O) groups is 1. The molecular weight excluding hydrogens is 412 g/mol. The lowest BCUT2D eigenvalue weighted by Gasteiger charge is -2.13. The lowest BCUT2D eigenvalue weighted by molar-refractivity contribution is -0.113. The highest BCUT2D eigenvalue weighted by molar-refractivity contribution is 8.00. The van der Waals surface area contributed by atoms with Crippen molar-refractivity contribution in [1.82, 2.24) is 19.7 Å². The van der Waals surface area contributed by atoms with E-state index in [-0.39, 0.29) is 11.7 Å². The van der Waals surface area contributed by atoms with Gasteiger partial charge in [0, 0.05) is 25.5 Å². The lowest BCUT2D eigenvalue weighted by Crippen LogP contribution is -2.14. The van der Waals surface area contributed by atoms with E-state index >= 15 is 0 Å². The van der Waals surface area contributed by atoms with Crippen molar-refractivity contribution in [1.29, 1.82) is 0 Å². The number of methoxy groups -OCH3 is 1. The molecule has 0 atom stereocenters. The first kappa shape index (κ1) is 20.7. The zero-order chi connectivity index (χ0) is 21.8. The predicted molar refractivity (Wildman–Crippen MR) is 123 cm³/mol. The number of benzene rings is 2. The summed E-state index contributed by atoms with van der Waals surface area (Å²) in [5.41, 5.74) is 3.38. The maximum Gasteiger partial charge on any atom is 0.234 e. The van der Waals surface area contributed by atoms with Crippen molar-refractivity contribution in [2.24, 2.45) is 0 Å². The van der Waals surface area contributed by atoms with Crippen molar-refractivity contribution in [3.05, 3.63) is 61.1 Å². The Morgan fingerprint density at radius 3 is 2.52 bits per heavy atom. The average Bonchev–Trinajstić information content (AvgIpc) is 3.23. The number of anilines is 2.